The summed E-state index contributed by atoms with van der Waals surface area (Å²) in [7, 11) is 1.22. The Labute approximate surface area is 96.8 Å². The zero-order valence-corrected chi connectivity index (χ0v) is 9.28. The first-order valence-corrected chi connectivity index (χ1v) is 5.04. The number of hydrogen-bond donors (Lipinski definition) is 2. The third-order valence-electron chi connectivity index (χ3n) is 2.35. The number of esters is 1. The molecular weight excluding hydrogens is 230 g/mol. The molecule has 0 saturated heterocycles. The van der Waals surface area contributed by atoms with E-state index in [-0.39, 0.29) is 0 Å². The number of methoxy groups -OCH3 is 1. The minimum absolute atomic E-state index is 0.370. The maximum atomic E-state index is 11.1. The van der Waals surface area contributed by atoms with E-state index in [9.17, 15) is 9.90 Å². The van der Waals surface area contributed by atoms with Crippen LogP contribution >= 0.6 is 11.6 Å². The van der Waals surface area contributed by atoms with Crippen LogP contribution in [0.1, 0.15) is 11.8 Å². The minimum atomic E-state index is -1.31. The molecule has 0 aliphatic rings. The first kappa shape index (κ1) is 11.0. The Morgan fingerprint density at radius 3 is 2.94 bits per heavy atom. The number of hydrogen-bond acceptors (Lipinski definition) is 3. The molecule has 0 bridgehead atoms. The average molecular weight is 240 g/mol. The van der Waals surface area contributed by atoms with E-state index in [1.165, 1.54) is 7.11 Å². The fraction of sp³-hybridized carbons (Fsp3) is 0.182. The first-order valence-electron chi connectivity index (χ1n) is 4.66. The Hall–Kier alpha value is -1.52. The number of aliphatic hydroxyl groups is 1. The van der Waals surface area contributed by atoms with Gasteiger partial charge in [0.1, 0.15) is 0 Å². The van der Waals surface area contributed by atoms with E-state index in [2.05, 4.69) is 9.72 Å². The zero-order valence-electron chi connectivity index (χ0n) is 8.53. The molecule has 0 aliphatic heterocycles. The van der Waals surface area contributed by atoms with E-state index >= 15 is 0 Å². The highest BCUT2D eigenvalue weighted by atomic mass is 35.5. The summed E-state index contributed by atoms with van der Waals surface area (Å²) in [6, 6.07) is 7.04. The van der Waals surface area contributed by atoms with Crippen molar-refractivity contribution in [3.05, 3.63) is 35.0 Å². The summed E-state index contributed by atoms with van der Waals surface area (Å²) >= 11 is 5.96. The normalized spacial score (nSPS) is 12.7. The largest absolute Gasteiger partial charge is 0.467 e. The Kier molecular flexibility index (Phi) is 2.85. The van der Waals surface area contributed by atoms with Crippen LogP contribution in [0.15, 0.2) is 24.3 Å². The van der Waals surface area contributed by atoms with E-state index in [4.69, 9.17) is 11.6 Å². The van der Waals surface area contributed by atoms with Gasteiger partial charge in [-0.3, -0.25) is 0 Å². The number of rotatable bonds is 2. The van der Waals surface area contributed by atoms with Gasteiger partial charge in [0, 0.05) is 5.39 Å². The van der Waals surface area contributed by atoms with Gasteiger partial charge in [0.05, 0.1) is 23.3 Å². The summed E-state index contributed by atoms with van der Waals surface area (Å²) in [5.74, 6) is -0.706. The number of fused-ring (bicyclic) bond motifs is 1. The second-order valence-corrected chi connectivity index (χ2v) is 3.76. The highest BCUT2D eigenvalue weighted by molar-refractivity contribution is 6.35. The molecule has 1 aromatic heterocycles. The van der Waals surface area contributed by atoms with Crippen molar-refractivity contribution in [2.24, 2.45) is 0 Å². The number of benzene rings is 1. The Balaban J connectivity index is 2.47. The number of ether oxygens (including phenoxy) is 1. The summed E-state index contributed by atoms with van der Waals surface area (Å²) in [5.41, 5.74) is 1.07. The Morgan fingerprint density at radius 2 is 2.31 bits per heavy atom. The second kappa shape index (κ2) is 4.15. The highest BCUT2D eigenvalue weighted by Crippen LogP contribution is 2.26. The van der Waals surface area contributed by atoms with E-state index in [0.717, 1.165) is 5.39 Å². The zero-order chi connectivity index (χ0) is 11.7. The smallest absolute Gasteiger partial charge is 0.340 e. The van der Waals surface area contributed by atoms with Crippen LogP contribution < -0.4 is 0 Å². The lowest BCUT2D eigenvalue weighted by molar-refractivity contribution is -0.150. The van der Waals surface area contributed by atoms with Crippen molar-refractivity contribution in [2.75, 3.05) is 7.11 Å². The van der Waals surface area contributed by atoms with Crippen molar-refractivity contribution >= 4 is 28.5 Å². The molecular formula is C11H10ClNO3. The van der Waals surface area contributed by atoms with Gasteiger partial charge in [-0.1, -0.05) is 23.7 Å². The fourth-order valence-corrected chi connectivity index (χ4v) is 1.76. The van der Waals surface area contributed by atoms with Crippen LogP contribution in [0.3, 0.4) is 0 Å². The lowest BCUT2D eigenvalue weighted by Crippen LogP contribution is -2.13. The standard InChI is InChI=1S/C11H10ClNO3/c1-16-11(15)10(14)8-5-6-3-2-4-7(12)9(6)13-8/h2-5,10,13-14H,1H3. The van der Waals surface area contributed by atoms with Gasteiger partial charge < -0.3 is 14.8 Å². The van der Waals surface area contributed by atoms with Crippen molar-refractivity contribution < 1.29 is 14.6 Å². The SMILES string of the molecule is COC(=O)C(O)c1cc2cccc(Cl)c2[nH]1. The number of H-pyrrole nitrogens is 1. The molecule has 16 heavy (non-hydrogen) atoms. The molecule has 4 nitrogen and oxygen atoms in total. The van der Waals surface area contributed by atoms with Gasteiger partial charge in [-0.25, -0.2) is 4.79 Å². The molecule has 1 heterocycles. The average Bonchev–Trinajstić information content (AvgIpc) is 2.72. The van der Waals surface area contributed by atoms with E-state index in [0.29, 0.717) is 16.2 Å². The third kappa shape index (κ3) is 1.77. The summed E-state index contributed by atoms with van der Waals surface area (Å²) < 4.78 is 4.45. The molecule has 0 saturated carbocycles. The van der Waals surface area contributed by atoms with Gasteiger partial charge in [0.15, 0.2) is 6.10 Å². The lowest BCUT2D eigenvalue weighted by Gasteiger charge is -2.04. The summed E-state index contributed by atoms with van der Waals surface area (Å²) in [5, 5.41) is 11.0. The van der Waals surface area contributed by atoms with Gasteiger partial charge in [0.2, 0.25) is 0 Å². The minimum Gasteiger partial charge on any atom is -0.467 e. The number of halogens is 1. The number of para-hydroxylation sites is 1. The first-order chi connectivity index (χ1) is 7.63. The van der Waals surface area contributed by atoms with Gasteiger partial charge in [-0.05, 0) is 12.1 Å². The predicted octanol–water partition coefficient (Wildman–Crippen LogP) is 2.03. The van der Waals surface area contributed by atoms with E-state index < -0.39 is 12.1 Å². The van der Waals surface area contributed by atoms with Crippen LogP contribution in [0.4, 0.5) is 0 Å². The van der Waals surface area contributed by atoms with Gasteiger partial charge >= 0.3 is 5.97 Å². The van der Waals surface area contributed by atoms with Crippen LogP contribution in [0.5, 0.6) is 0 Å². The molecule has 0 fully saturated rings. The molecule has 5 heteroatoms. The van der Waals surface area contributed by atoms with Crippen molar-refractivity contribution in [1.29, 1.82) is 0 Å². The number of carbonyl (C=O) groups excluding carboxylic acids is 1. The molecule has 1 atom stereocenters. The maximum absolute atomic E-state index is 11.1. The van der Waals surface area contributed by atoms with Crippen molar-refractivity contribution in [3.63, 3.8) is 0 Å². The molecule has 2 aromatic rings. The number of nitrogens with one attached hydrogen (secondary N) is 1. The van der Waals surface area contributed by atoms with Crippen LogP contribution in [0, 0.1) is 0 Å². The molecule has 0 radical (unpaired) electrons. The summed E-state index contributed by atoms with van der Waals surface area (Å²) in [4.78, 5) is 14.0. The number of aromatic amines is 1. The summed E-state index contributed by atoms with van der Waals surface area (Å²) in [6.07, 6.45) is -1.31. The van der Waals surface area contributed by atoms with Gasteiger partial charge in [0.25, 0.3) is 0 Å². The monoisotopic (exact) mass is 239 g/mol. The lowest BCUT2D eigenvalue weighted by atomic mass is 10.2. The predicted molar refractivity (Wildman–Crippen MR) is 60.3 cm³/mol. The van der Waals surface area contributed by atoms with Crippen LogP contribution in [0.2, 0.25) is 5.02 Å². The van der Waals surface area contributed by atoms with E-state index in [1.54, 1.807) is 18.2 Å². The van der Waals surface area contributed by atoms with Crippen LogP contribution in [-0.2, 0) is 9.53 Å². The molecule has 0 spiro atoms. The molecule has 2 rings (SSSR count). The molecule has 84 valence electrons. The molecule has 2 N–H and O–H groups in total. The topological polar surface area (TPSA) is 62.3 Å². The molecule has 0 amide bonds. The summed E-state index contributed by atoms with van der Waals surface area (Å²) in [6.45, 7) is 0. The van der Waals surface area contributed by atoms with Crippen molar-refractivity contribution in [2.45, 2.75) is 6.10 Å². The van der Waals surface area contributed by atoms with E-state index in [1.807, 2.05) is 6.07 Å². The maximum Gasteiger partial charge on any atom is 0.340 e. The molecule has 1 unspecified atom stereocenters. The van der Waals surface area contributed by atoms with Crippen molar-refractivity contribution in [1.82, 2.24) is 4.98 Å². The third-order valence-corrected chi connectivity index (χ3v) is 2.66. The van der Waals surface area contributed by atoms with Crippen LogP contribution in [-0.4, -0.2) is 23.2 Å². The molecule has 1 aromatic carbocycles. The Bertz CT molecular complexity index is 535. The van der Waals surface area contributed by atoms with Gasteiger partial charge in [-0.2, -0.15) is 0 Å². The van der Waals surface area contributed by atoms with Crippen LogP contribution in [0.25, 0.3) is 10.9 Å². The number of aromatic nitrogens is 1. The quantitative estimate of drug-likeness (QED) is 0.789. The number of carbonyl (C=O) groups is 1. The number of aliphatic hydroxyl groups excluding tert-OH is 1. The Morgan fingerprint density at radius 1 is 1.56 bits per heavy atom. The molecule has 0 aliphatic carbocycles. The highest BCUT2D eigenvalue weighted by Gasteiger charge is 2.20. The second-order valence-electron chi connectivity index (χ2n) is 3.35. The van der Waals surface area contributed by atoms with Crippen molar-refractivity contribution in [3.8, 4) is 0 Å². The van der Waals surface area contributed by atoms with Gasteiger partial charge in [-0.15, -0.1) is 0 Å². The fourth-order valence-electron chi connectivity index (χ4n) is 1.53.